The highest BCUT2D eigenvalue weighted by Gasteiger charge is 2.87. The Hall–Kier alpha value is -4.24. The molecule has 49 heavy (non-hydrogen) atoms. The van der Waals surface area contributed by atoms with Gasteiger partial charge < -0.3 is 24.1 Å². The van der Waals surface area contributed by atoms with Gasteiger partial charge in [-0.1, -0.05) is 12.1 Å². The van der Waals surface area contributed by atoms with Gasteiger partial charge in [-0.2, -0.15) is 48.3 Å². The molecule has 0 bridgehead atoms. The molecule has 1 amide bonds. The van der Waals surface area contributed by atoms with E-state index < -0.39 is 90.5 Å². The van der Waals surface area contributed by atoms with Gasteiger partial charge in [0.25, 0.3) is 0 Å². The van der Waals surface area contributed by atoms with E-state index in [0.29, 0.717) is 29.8 Å². The fourth-order valence-electron chi connectivity index (χ4n) is 3.68. The normalized spacial score (nSPS) is 13.9. The summed E-state index contributed by atoms with van der Waals surface area (Å²) in [6.07, 6.45) is -16.1. The van der Waals surface area contributed by atoms with Gasteiger partial charge in [-0.05, 0) is 48.9 Å². The summed E-state index contributed by atoms with van der Waals surface area (Å²) in [4.78, 5) is 23.3. The van der Waals surface area contributed by atoms with Gasteiger partial charge in [0.05, 0.1) is 13.1 Å². The first-order chi connectivity index (χ1) is 22.3. The van der Waals surface area contributed by atoms with Crippen LogP contribution >= 0.6 is 0 Å². The number of carbonyl (C=O) groups excluding carboxylic acids is 1. The predicted molar refractivity (Wildman–Crippen MR) is 135 cm³/mol. The number of halogens is 14. The second-order valence-electron chi connectivity index (χ2n) is 9.71. The van der Waals surface area contributed by atoms with Gasteiger partial charge in [-0.25, -0.2) is 9.59 Å². The molecule has 0 saturated carbocycles. The topological polar surface area (TPSA) is 94.5 Å². The van der Waals surface area contributed by atoms with E-state index in [-0.39, 0.29) is 18.8 Å². The third-order valence-electron chi connectivity index (χ3n) is 6.13. The van der Waals surface area contributed by atoms with Crippen LogP contribution in [0.25, 0.3) is 0 Å². The SMILES string of the molecule is CCOC(Cc1ccc(OCCN(CC(F)(F)C(F)(F)C(F)(F)C(F)(F)C(F)(F)F)C(=O)Oc2ccc(OC(F)(F)F)cc2)cc1)C(=O)O. The number of nitrogens with zero attached hydrogens (tertiary/aromatic N) is 1. The van der Waals surface area contributed by atoms with Crippen LogP contribution in [-0.2, 0) is 16.0 Å². The average molecular weight is 739 g/mol. The van der Waals surface area contributed by atoms with Crippen LogP contribution in [0.15, 0.2) is 48.5 Å². The van der Waals surface area contributed by atoms with Gasteiger partial charge in [0.15, 0.2) is 6.10 Å². The lowest BCUT2D eigenvalue weighted by atomic mass is 9.97. The summed E-state index contributed by atoms with van der Waals surface area (Å²) in [6, 6.07) is 7.17. The van der Waals surface area contributed by atoms with Crippen LogP contribution < -0.4 is 14.2 Å². The van der Waals surface area contributed by atoms with Crippen molar-refractivity contribution in [2.75, 3.05) is 26.3 Å². The first-order valence-corrected chi connectivity index (χ1v) is 13.2. The summed E-state index contributed by atoms with van der Waals surface area (Å²) in [5.41, 5.74) is 0.378. The zero-order chi connectivity index (χ0) is 37.6. The minimum Gasteiger partial charge on any atom is -0.492 e. The summed E-state index contributed by atoms with van der Waals surface area (Å²) < 4.78 is 205. The second kappa shape index (κ2) is 15.1. The number of alkyl halides is 14. The standard InChI is InChI=1S/C27H23F14NO7/c1-2-46-19(20(43)44)13-15-3-5-16(6-4-15)47-12-11-42(21(45)48-17-7-9-18(10-8-17)49-27(39,40)41)14-22(28,29)23(30,31)24(32,33)25(34,35)26(36,37)38/h3-10,19H,2,11-14H2,1H3,(H,43,44). The Balaban J connectivity index is 2.31. The summed E-state index contributed by atoms with van der Waals surface area (Å²) in [6.45, 7) is -3.65. The molecule has 2 rings (SSSR count). The van der Waals surface area contributed by atoms with E-state index in [1.165, 1.54) is 31.2 Å². The predicted octanol–water partition coefficient (Wildman–Crippen LogP) is 7.60. The number of carboxylic acids is 1. The average Bonchev–Trinajstić information content (AvgIpc) is 2.96. The molecule has 0 spiro atoms. The zero-order valence-electron chi connectivity index (χ0n) is 24.4. The van der Waals surface area contributed by atoms with Crippen LogP contribution in [0.2, 0.25) is 0 Å². The van der Waals surface area contributed by atoms with E-state index in [1.54, 1.807) is 0 Å². The summed E-state index contributed by atoms with van der Waals surface area (Å²) in [5.74, 6) is -32.5. The van der Waals surface area contributed by atoms with E-state index in [1.807, 2.05) is 0 Å². The van der Waals surface area contributed by atoms with Crippen molar-refractivity contribution in [2.45, 2.75) is 55.7 Å². The van der Waals surface area contributed by atoms with Gasteiger partial charge >= 0.3 is 48.3 Å². The lowest BCUT2D eigenvalue weighted by Gasteiger charge is -2.38. The number of carboxylic acid groups (broad SMARTS) is 1. The Morgan fingerprint density at radius 3 is 1.71 bits per heavy atom. The fraction of sp³-hybridized carbons (Fsp3) is 0.481. The van der Waals surface area contributed by atoms with Gasteiger partial charge in [0.1, 0.15) is 23.9 Å². The molecule has 0 aliphatic rings. The fourth-order valence-corrected chi connectivity index (χ4v) is 3.68. The Morgan fingerprint density at radius 1 is 0.735 bits per heavy atom. The maximum absolute atomic E-state index is 14.6. The Morgan fingerprint density at radius 2 is 1.24 bits per heavy atom. The summed E-state index contributed by atoms with van der Waals surface area (Å²) in [5, 5.41) is 9.16. The van der Waals surface area contributed by atoms with Crippen LogP contribution in [0.5, 0.6) is 17.2 Å². The van der Waals surface area contributed by atoms with Crippen molar-refractivity contribution in [1.29, 1.82) is 0 Å². The molecule has 1 N–H and O–H groups in total. The lowest BCUT2D eigenvalue weighted by Crippen LogP contribution is -2.68. The molecular formula is C27H23F14NO7. The number of benzene rings is 2. The van der Waals surface area contributed by atoms with Gasteiger partial charge in [-0.15, -0.1) is 13.2 Å². The molecule has 22 heteroatoms. The zero-order valence-corrected chi connectivity index (χ0v) is 24.4. The Bertz CT molecular complexity index is 1400. The Labute approximate surface area is 266 Å². The number of hydrogen-bond donors (Lipinski definition) is 1. The molecule has 2 aromatic carbocycles. The number of hydrogen-bond acceptors (Lipinski definition) is 6. The first-order valence-electron chi connectivity index (χ1n) is 13.2. The Kier molecular flexibility index (Phi) is 12.6. The number of carbonyl (C=O) groups is 2. The number of aliphatic carboxylic acids is 1. The van der Waals surface area contributed by atoms with Crippen molar-refractivity contribution in [3.05, 3.63) is 54.1 Å². The van der Waals surface area contributed by atoms with Crippen LogP contribution in [0.1, 0.15) is 12.5 Å². The largest absolute Gasteiger partial charge is 0.573 e. The van der Waals surface area contributed by atoms with Crippen molar-refractivity contribution >= 4 is 12.1 Å². The number of ether oxygens (including phenoxy) is 4. The van der Waals surface area contributed by atoms with E-state index in [0.717, 1.165) is 0 Å². The van der Waals surface area contributed by atoms with Gasteiger partial charge in [0, 0.05) is 13.0 Å². The molecule has 0 fully saturated rings. The summed E-state index contributed by atoms with van der Waals surface area (Å²) in [7, 11) is 0. The van der Waals surface area contributed by atoms with Crippen molar-refractivity contribution in [3.63, 3.8) is 0 Å². The molecule has 1 atom stereocenters. The van der Waals surface area contributed by atoms with Crippen LogP contribution in [0.4, 0.5) is 66.3 Å². The van der Waals surface area contributed by atoms with Crippen molar-refractivity contribution in [2.24, 2.45) is 0 Å². The van der Waals surface area contributed by atoms with E-state index >= 15 is 0 Å². The molecule has 0 aromatic heterocycles. The van der Waals surface area contributed by atoms with Crippen molar-refractivity contribution < 1.29 is 95.1 Å². The van der Waals surface area contributed by atoms with Crippen LogP contribution in [0.3, 0.4) is 0 Å². The van der Waals surface area contributed by atoms with Crippen LogP contribution in [0, 0.1) is 0 Å². The highest BCUT2D eigenvalue weighted by Crippen LogP contribution is 2.57. The minimum absolute atomic E-state index is 0.0578. The molecule has 8 nitrogen and oxygen atoms in total. The smallest absolute Gasteiger partial charge is 0.492 e. The van der Waals surface area contributed by atoms with Crippen molar-refractivity contribution in [1.82, 2.24) is 4.90 Å². The maximum Gasteiger partial charge on any atom is 0.573 e. The highest BCUT2D eigenvalue weighted by atomic mass is 19.4. The highest BCUT2D eigenvalue weighted by molar-refractivity contribution is 5.72. The number of amides is 1. The molecule has 0 saturated heterocycles. The lowest BCUT2D eigenvalue weighted by molar-refractivity contribution is -0.422. The molecule has 276 valence electrons. The third-order valence-corrected chi connectivity index (χ3v) is 6.13. The monoisotopic (exact) mass is 739 g/mol. The van der Waals surface area contributed by atoms with E-state index in [9.17, 15) is 71.1 Å². The third kappa shape index (κ3) is 10.1. The maximum atomic E-state index is 14.6. The molecule has 0 aliphatic carbocycles. The molecule has 2 aromatic rings. The molecule has 1 unspecified atom stereocenters. The molecule has 0 radical (unpaired) electrons. The molecular weight excluding hydrogens is 716 g/mol. The number of rotatable bonds is 16. The summed E-state index contributed by atoms with van der Waals surface area (Å²) >= 11 is 0. The van der Waals surface area contributed by atoms with Crippen LogP contribution in [-0.4, -0.2) is 90.7 Å². The molecule has 0 heterocycles. The minimum atomic E-state index is -7.76. The van der Waals surface area contributed by atoms with E-state index in [4.69, 9.17) is 14.6 Å². The van der Waals surface area contributed by atoms with E-state index in [2.05, 4.69) is 9.47 Å². The van der Waals surface area contributed by atoms with Gasteiger partial charge in [-0.3, -0.25) is 4.90 Å². The van der Waals surface area contributed by atoms with Gasteiger partial charge in [0.2, 0.25) is 0 Å². The first kappa shape index (κ1) is 40.9. The second-order valence-corrected chi connectivity index (χ2v) is 9.71. The quantitative estimate of drug-likeness (QED) is 0.177. The molecule has 0 aliphatic heterocycles. The van der Waals surface area contributed by atoms with Crippen molar-refractivity contribution in [3.8, 4) is 17.2 Å².